The lowest BCUT2D eigenvalue weighted by molar-refractivity contribution is -0.828. The lowest BCUT2D eigenvalue weighted by Crippen LogP contribution is -3.06. The van der Waals surface area contributed by atoms with Crippen molar-refractivity contribution in [3.8, 4) is 0 Å². The summed E-state index contributed by atoms with van der Waals surface area (Å²) in [6.07, 6.45) is 0. The number of para-hydroxylation sites is 1. The van der Waals surface area contributed by atoms with Gasteiger partial charge in [0.15, 0.2) is 0 Å². The van der Waals surface area contributed by atoms with Gasteiger partial charge in [-0.05, 0) is 26.0 Å². The van der Waals surface area contributed by atoms with Crippen LogP contribution in [0.1, 0.15) is 13.8 Å². The number of hydrogen-bond donors (Lipinski definition) is 1. The Labute approximate surface area is 80.8 Å². The van der Waals surface area contributed by atoms with Crippen LogP contribution in [0.5, 0.6) is 0 Å². The van der Waals surface area contributed by atoms with E-state index in [-0.39, 0.29) is 12.4 Å². The van der Waals surface area contributed by atoms with E-state index in [0.717, 1.165) is 0 Å². The largest absolute Gasteiger partial charge is 1.00 e. The van der Waals surface area contributed by atoms with Crippen molar-refractivity contribution >= 4 is 5.69 Å². The van der Waals surface area contributed by atoms with Gasteiger partial charge in [0.25, 0.3) is 0 Å². The number of nitrogens with one attached hydrogen (secondary N) is 1. The molecule has 0 saturated carbocycles. The van der Waals surface area contributed by atoms with Crippen molar-refractivity contribution in [1.29, 1.82) is 0 Å². The Kier molecular flexibility index (Phi) is 5.77. The molecule has 0 amide bonds. The van der Waals surface area contributed by atoms with Crippen LogP contribution in [0.3, 0.4) is 0 Å². The summed E-state index contributed by atoms with van der Waals surface area (Å²) in [4.78, 5) is 1.55. The Bertz CT molecular complexity index is 194. The minimum Gasteiger partial charge on any atom is -1.00 e. The lowest BCUT2D eigenvalue weighted by Gasteiger charge is -2.13. The number of quaternary nitrogens is 1. The van der Waals surface area contributed by atoms with Gasteiger partial charge in [-0.1, -0.05) is 18.2 Å². The first kappa shape index (κ1) is 11.5. The normalized spacial score (nSPS) is 9.58. The minimum absolute atomic E-state index is 0. The standard InChI is InChI=1S/C10H15N.ClH/c1-3-11(4-2)10-8-6-5-7-9-10;/h5-9H,3-4H2,1-2H3;1H. The topological polar surface area (TPSA) is 4.44 Å². The summed E-state index contributed by atoms with van der Waals surface area (Å²) < 4.78 is 0. The van der Waals surface area contributed by atoms with E-state index in [1.54, 1.807) is 4.90 Å². The molecular weight excluding hydrogens is 170 g/mol. The number of rotatable bonds is 3. The van der Waals surface area contributed by atoms with Gasteiger partial charge in [0, 0.05) is 0 Å². The molecule has 0 spiro atoms. The highest BCUT2D eigenvalue weighted by atomic mass is 35.5. The SMILES string of the molecule is CC[NH+](CC)c1ccccc1.[Cl-]. The maximum Gasteiger partial charge on any atom is 0.131 e. The van der Waals surface area contributed by atoms with Crippen LogP contribution in [0, 0.1) is 0 Å². The molecule has 1 aromatic rings. The summed E-state index contributed by atoms with van der Waals surface area (Å²) in [5, 5.41) is 0. The highest BCUT2D eigenvalue weighted by molar-refractivity contribution is 5.27. The summed E-state index contributed by atoms with van der Waals surface area (Å²) in [6, 6.07) is 10.6. The number of benzene rings is 1. The fourth-order valence-electron chi connectivity index (χ4n) is 1.33. The Hall–Kier alpha value is -0.530. The summed E-state index contributed by atoms with van der Waals surface area (Å²) in [7, 11) is 0. The molecule has 0 aliphatic heterocycles. The Morgan fingerprint density at radius 1 is 1.00 bits per heavy atom. The van der Waals surface area contributed by atoms with Crippen LogP contribution in [-0.2, 0) is 0 Å². The van der Waals surface area contributed by atoms with Gasteiger partial charge in [0.2, 0.25) is 0 Å². The first-order chi connectivity index (χ1) is 5.38. The van der Waals surface area contributed by atoms with Gasteiger partial charge in [-0.2, -0.15) is 0 Å². The van der Waals surface area contributed by atoms with Gasteiger partial charge in [-0.25, -0.2) is 0 Å². The Morgan fingerprint density at radius 3 is 1.92 bits per heavy atom. The van der Waals surface area contributed by atoms with Crippen LogP contribution in [-0.4, -0.2) is 13.1 Å². The van der Waals surface area contributed by atoms with E-state index in [2.05, 4.69) is 44.2 Å². The van der Waals surface area contributed by atoms with Crippen LogP contribution in [0.15, 0.2) is 30.3 Å². The summed E-state index contributed by atoms with van der Waals surface area (Å²) in [6.45, 7) is 6.76. The molecule has 0 aliphatic rings. The van der Waals surface area contributed by atoms with E-state index in [0.29, 0.717) is 0 Å². The quantitative estimate of drug-likeness (QED) is 0.570. The van der Waals surface area contributed by atoms with Gasteiger partial charge in [0.05, 0.1) is 13.1 Å². The molecule has 12 heavy (non-hydrogen) atoms. The third-order valence-corrected chi connectivity index (χ3v) is 2.04. The minimum atomic E-state index is 0. The van der Waals surface area contributed by atoms with Gasteiger partial charge >= 0.3 is 0 Å². The van der Waals surface area contributed by atoms with Gasteiger partial charge < -0.3 is 17.3 Å². The van der Waals surface area contributed by atoms with E-state index in [4.69, 9.17) is 0 Å². The first-order valence-corrected chi connectivity index (χ1v) is 4.28. The molecule has 0 unspecified atom stereocenters. The molecule has 2 heteroatoms. The molecule has 0 bridgehead atoms. The van der Waals surface area contributed by atoms with Crippen LogP contribution < -0.4 is 17.3 Å². The monoisotopic (exact) mass is 185 g/mol. The predicted octanol–water partition coefficient (Wildman–Crippen LogP) is -1.75. The fourth-order valence-corrected chi connectivity index (χ4v) is 1.33. The molecule has 1 aromatic carbocycles. The van der Waals surface area contributed by atoms with Crippen LogP contribution in [0.25, 0.3) is 0 Å². The van der Waals surface area contributed by atoms with E-state index >= 15 is 0 Å². The van der Waals surface area contributed by atoms with Crippen molar-refractivity contribution in [1.82, 2.24) is 0 Å². The zero-order valence-corrected chi connectivity index (χ0v) is 8.43. The summed E-state index contributed by atoms with van der Waals surface area (Å²) in [5.41, 5.74) is 1.40. The van der Waals surface area contributed by atoms with Gasteiger partial charge in [0.1, 0.15) is 5.69 Å². The second kappa shape index (κ2) is 6.04. The second-order valence-electron chi connectivity index (χ2n) is 2.68. The number of halogens is 1. The summed E-state index contributed by atoms with van der Waals surface area (Å²) in [5.74, 6) is 0. The molecule has 0 fully saturated rings. The van der Waals surface area contributed by atoms with E-state index < -0.39 is 0 Å². The Balaban J connectivity index is 0.00000121. The zero-order valence-electron chi connectivity index (χ0n) is 7.68. The first-order valence-electron chi connectivity index (χ1n) is 4.28. The van der Waals surface area contributed by atoms with Gasteiger partial charge in [-0.3, -0.25) is 0 Å². The van der Waals surface area contributed by atoms with E-state index in [1.165, 1.54) is 18.8 Å². The molecule has 1 nitrogen and oxygen atoms in total. The Morgan fingerprint density at radius 2 is 1.50 bits per heavy atom. The average Bonchev–Trinajstić information content (AvgIpc) is 2.09. The third-order valence-electron chi connectivity index (χ3n) is 2.04. The smallest absolute Gasteiger partial charge is 0.131 e. The van der Waals surface area contributed by atoms with Crippen molar-refractivity contribution in [2.24, 2.45) is 0 Å². The highest BCUT2D eigenvalue weighted by Crippen LogP contribution is 1.97. The molecule has 1 N–H and O–H groups in total. The molecule has 0 radical (unpaired) electrons. The number of hydrogen-bond acceptors (Lipinski definition) is 0. The van der Waals surface area contributed by atoms with Crippen molar-refractivity contribution < 1.29 is 17.3 Å². The predicted molar refractivity (Wildman–Crippen MR) is 48.1 cm³/mol. The van der Waals surface area contributed by atoms with Crippen LogP contribution in [0.2, 0.25) is 0 Å². The molecule has 0 heterocycles. The van der Waals surface area contributed by atoms with Crippen molar-refractivity contribution in [3.63, 3.8) is 0 Å². The van der Waals surface area contributed by atoms with E-state index in [9.17, 15) is 0 Å². The zero-order chi connectivity index (χ0) is 8.10. The van der Waals surface area contributed by atoms with Crippen LogP contribution in [0.4, 0.5) is 5.69 Å². The molecule has 0 aromatic heterocycles. The fraction of sp³-hybridized carbons (Fsp3) is 0.400. The van der Waals surface area contributed by atoms with Crippen molar-refractivity contribution in [2.45, 2.75) is 13.8 Å². The van der Waals surface area contributed by atoms with Crippen molar-refractivity contribution in [3.05, 3.63) is 30.3 Å². The van der Waals surface area contributed by atoms with Crippen molar-refractivity contribution in [2.75, 3.05) is 13.1 Å². The molecule has 0 atom stereocenters. The molecule has 0 aliphatic carbocycles. The highest BCUT2D eigenvalue weighted by Gasteiger charge is 2.03. The maximum absolute atomic E-state index is 2.21. The second-order valence-corrected chi connectivity index (χ2v) is 2.68. The lowest BCUT2D eigenvalue weighted by atomic mass is 10.3. The molecule has 0 saturated heterocycles. The van der Waals surface area contributed by atoms with Crippen LogP contribution >= 0.6 is 0 Å². The summed E-state index contributed by atoms with van der Waals surface area (Å²) >= 11 is 0. The van der Waals surface area contributed by atoms with E-state index in [1.807, 2.05) is 0 Å². The maximum atomic E-state index is 2.21. The van der Waals surface area contributed by atoms with Gasteiger partial charge in [-0.15, -0.1) is 0 Å². The molecular formula is C10H16ClN. The molecule has 68 valence electrons. The third kappa shape index (κ3) is 2.84. The average molecular weight is 186 g/mol. The molecule has 1 rings (SSSR count).